The minimum absolute atomic E-state index is 0.222. The van der Waals surface area contributed by atoms with Gasteiger partial charge in [-0.3, -0.25) is 18.7 Å². The number of para-hydroxylation sites is 1. The fraction of sp³-hybridized carbons (Fsp3) is 0.318. The van der Waals surface area contributed by atoms with Gasteiger partial charge in [0.25, 0.3) is 5.56 Å². The summed E-state index contributed by atoms with van der Waals surface area (Å²) in [4.78, 5) is 38.4. The Morgan fingerprint density at radius 1 is 1.00 bits per heavy atom. The predicted molar refractivity (Wildman–Crippen MR) is 116 cm³/mol. The highest BCUT2D eigenvalue weighted by Crippen LogP contribution is 2.29. The maximum absolute atomic E-state index is 13.0. The number of hydrogen-bond donors (Lipinski definition) is 1. The molecule has 2 aromatic carbocycles. The molecule has 0 aliphatic rings. The van der Waals surface area contributed by atoms with E-state index in [-0.39, 0.29) is 12.1 Å². The van der Waals surface area contributed by atoms with E-state index in [1.54, 1.807) is 42.5 Å². The van der Waals surface area contributed by atoms with E-state index in [1.165, 1.54) is 23.4 Å². The van der Waals surface area contributed by atoms with Crippen LogP contribution < -0.4 is 26.0 Å². The molecule has 1 heterocycles. The Hall–Kier alpha value is -3.55. The van der Waals surface area contributed by atoms with Crippen molar-refractivity contribution in [1.29, 1.82) is 0 Å². The maximum Gasteiger partial charge on any atom is 0.331 e. The summed E-state index contributed by atoms with van der Waals surface area (Å²) < 4.78 is 13.0. The van der Waals surface area contributed by atoms with Crippen molar-refractivity contribution >= 4 is 22.5 Å². The van der Waals surface area contributed by atoms with Crippen LogP contribution in [0.2, 0.25) is 0 Å². The average molecular weight is 411 g/mol. The van der Waals surface area contributed by atoms with Crippen LogP contribution in [-0.4, -0.2) is 29.3 Å². The lowest BCUT2D eigenvalue weighted by Gasteiger charge is -2.14. The van der Waals surface area contributed by atoms with Gasteiger partial charge in [0.05, 0.1) is 25.1 Å². The van der Waals surface area contributed by atoms with Crippen molar-refractivity contribution in [3.8, 4) is 11.5 Å². The summed E-state index contributed by atoms with van der Waals surface area (Å²) in [5.74, 6) is 0.627. The lowest BCUT2D eigenvalue weighted by atomic mass is 10.2. The van der Waals surface area contributed by atoms with Crippen molar-refractivity contribution in [1.82, 2.24) is 9.13 Å². The van der Waals surface area contributed by atoms with Crippen LogP contribution in [0.15, 0.2) is 52.1 Å². The highest BCUT2D eigenvalue weighted by atomic mass is 16.5. The van der Waals surface area contributed by atoms with Crippen molar-refractivity contribution < 1.29 is 14.3 Å². The summed E-state index contributed by atoms with van der Waals surface area (Å²) in [6, 6.07) is 11.8. The topological polar surface area (TPSA) is 91.6 Å². The molecule has 0 bridgehead atoms. The molecular formula is C22H25N3O5. The van der Waals surface area contributed by atoms with E-state index in [9.17, 15) is 14.4 Å². The van der Waals surface area contributed by atoms with E-state index in [0.717, 1.165) is 6.42 Å². The molecule has 0 atom stereocenters. The van der Waals surface area contributed by atoms with Gasteiger partial charge in [0.2, 0.25) is 5.91 Å². The molecule has 1 aromatic heterocycles. The number of anilines is 1. The standard InChI is InChI=1S/C22H25N3O5/c1-4-5-12-24-21(27)16-8-6-7-9-17(16)25(22(24)28)14-20(26)23-15-10-11-18(29-2)19(13-15)30-3/h6-11,13H,4-5,12,14H2,1-3H3,(H,23,26). The molecule has 3 rings (SSSR count). The number of carbonyl (C=O) groups is 1. The molecule has 0 saturated heterocycles. The lowest BCUT2D eigenvalue weighted by Crippen LogP contribution is -2.41. The predicted octanol–water partition coefficient (Wildman–Crippen LogP) is 2.62. The van der Waals surface area contributed by atoms with Gasteiger partial charge in [-0.1, -0.05) is 25.5 Å². The Balaban J connectivity index is 1.96. The molecule has 1 N–H and O–H groups in total. The summed E-state index contributed by atoms with van der Waals surface area (Å²) in [5, 5.41) is 3.17. The van der Waals surface area contributed by atoms with Crippen molar-refractivity contribution in [2.45, 2.75) is 32.9 Å². The van der Waals surface area contributed by atoms with Crippen LogP contribution in [-0.2, 0) is 17.9 Å². The number of benzene rings is 2. The van der Waals surface area contributed by atoms with Gasteiger partial charge in [-0.05, 0) is 30.7 Å². The second kappa shape index (κ2) is 9.30. The quantitative estimate of drug-likeness (QED) is 0.615. The molecule has 0 radical (unpaired) electrons. The monoisotopic (exact) mass is 411 g/mol. The summed E-state index contributed by atoms with van der Waals surface area (Å²) in [6.45, 7) is 2.08. The Morgan fingerprint density at radius 3 is 2.43 bits per heavy atom. The normalized spacial score (nSPS) is 10.8. The first-order valence-electron chi connectivity index (χ1n) is 9.74. The van der Waals surface area contributed by atoms with Gasteiger partial charge in [-0.25, -0.2) is 4.79 Å². The number of ether oxygens (including phenoxy) is 2. The Bertz CT molecular complexity index is 1180. The fourth-order valence-electron chi connectivity index (χ4n) is 3.30. The van der Waals surface area contributed by atoms with Gasteiger partial charge < -0.3 is 14.8 Å². The molecule has 8 heteroatoms. The van der Waals surface area contributed by atoms with Crippen LogP contribution in [0, 0.1) is 0 Å². The number of carbonyl (C=O) groups excluding carboxylic acids is 1. The Labute approximate surface area is 173 Å². The minimum atomic E-state index is -0.491. The molecule has 0 aliphatic carbocycles. The van der Waals surface area contributed by atoms with Crippen LogP contribution >= 0.6 is 0 Å². The third kappa shape index (κ3) is 4.22. The summed E-state index contributed by atoms with van der Waals surface area (Å²) >= 11 is 0. The number of nitrogens with one attached hydrogen (secondary N) is 1. The number of nitrogens with zero attached hydrogens (tertiary/aromatic N) is 2. The maximum atomic E-state index is 13.0. The molecule has 30 heavy (non-hydrogen) atoms. The molecule has 8 nitrogen and oxygen atoms in total. The van der Waals surface area contributed by atoms with Crippen molar-refractivity contribution in [2.75, 3.05) is 19.5 Å². The van der Waals surface area contributed by atoms with Crippen LogP contribution in [0.25, 0.3) is 10.9 Å². The smallest absolute Gasteiger partial charge is 0.331 e. The van der Waals surface area contributed by atoms with E-state index in [4.69, 9.17) is 9.47 Å². The van der Waals surface area contributed by atoms with E-state index >= 15 is 0 Å². The number of hydrogen-bond acceptors (Lipinski definition) is 5. The highest BCUT2D eigenvalue weighted by molar-refractivity contribution is 5.92. The van der Waals surface area contributed by atoms with Gasteiger partial charge in [0.1, 0.15) is 6.54 Å². The van der Waals surface area contributed by atoms with Gasteiger partial charge in [0.15, 0.2) is 11.5 Å². The third-order valence-electron chi connectivity index (χ3n) is 4.84. The first kappa shape index (κ1) is 21.2. The molecule has 0 spiro atoms. The second-order valence-electron chi connectivity index (χ2n) is 6.81. The zero-order valence-corrected chi connectivity index (χ0v) is 17.3. The molecule has 3 aromatic rings. The molecular weight excluding hydrogens is 386 g/mol. The molecule has 1 amide bonds. The van der Waals surface area contributed by atoms with E-state index in [1.807, 2.05) is 6.92 Å². The van der Waals surface area contributed by atoms with Crippen LogP contribution in [0.4, 0.5) is 5.69 Å². The third-order valence-corrected chi connectivity index (χ3v) is 4.84. The highest BCUT2D eigenvalue weighted by Gasteiger charge is 2.15. The number of rotatable bonds is 8. The van der Waals surface area contributed by atoms with Crippen LogP contribution in [0.1, 0.15) is 19.8 Å². The fourth-order valence-corrected chi connectivity index (χ4v) is 3.30. The minimum Gasteiger partial charge on any atom is -0.493 e. The number of amides is 1. The van der Waals surface area contributed by atoms with Gasteiger partial charge in [0, 0.05) is 18.3 Å². The number of fused-ring (bicyclic) bond motifs is 1. The second-order valence-corrected chi connectivity index (χ2v) is 6.81. The molecule has 0 saturated carbocycles. The SMILES string of the molecule is CCCCn1c(=O)c2ccccc2n(CC(=O)Nc2ccc(OC)c(OC)c2)c1=O. The summed E-state index contributed by atoms with van der Waals surface area (Å²) in [7, 11) is 3.04. The zero-order chi connectivity index (χ0) is 21.7. The van der Waals surface area contributed by atoms with Crippen molar-refractivity contribution in [3.05, 3.63) is 63.3 Å². The zero-order valence-electron chi connectivity index (χ0n) is 17.3. The van der Waals surface area contributed by atoms with Crippen molar-refractivity contribution in [2.24, 2.45) is 0 Å². The lowest BCUT2D eigenvalue weighted by molar-refractivity contribution is -0.116. The molecule has 0 unspecified atom stereocenters. The van der Waals surface area contributed by atoms with Crippen LogP contribution in [0.5, 0.6) is 11.5 Å². The largest absolute Gasteiger partial charge is 0.493 e. The van der Waals surface area contributed by atoms with E-state index in [2.05, 4.69) is 5.32 Å². The van der Waals surface area contributed by atoms with Crippen molar-refractivity contribution in [3.63, 3.8) is 0 Å². The average Bonchev–Trinajstić information content (AvgIpc) is 2.76. The molecule has 0 fully saturated rings. The first-order chi connectivity index (χ1) is 14.5. The Kier molecular flexibility index (Phi) is 6.56. The van der Waals surface area contributed by atoms with E-state index < -0.39 is 11.6 Å². The Morgan fingerprint density at radius 2 is 1.73 bits per heavy atom. The van der Waals surface area contributed by atoms with E-state index in [0.29, 0.717) is 41.1 Å². The number of aromatic nitrogens is 2. The summed E-state index contributed by atoms with van der Waals surface area (Å²) in [6.07, 6.45) is 1.55. The van der Waals surface area contributed by atoms with Gasteiger partial charge >= 0.3 is 5.69 Å². The number of unbranched alkanes of at least 4 members (excludes halogenated alkanes) is 1. The number of methoxy groups -OCH3 is 2. The van der Waals surface area contributed by atoms with Gasteiger partial charge in [-0.2, -0.15) is 0 Å². The first-order valence-corrected chi connectivity index (χ1v) is 9.74. The van der Waals surface area contributed by atoms with Gasteiger partial charge in [-0.15, -0.1) is 0 Å². The molecule has 0 aliphatic heterocycles. The molecule has 158 valence electrons. The summed E-state index contributed by atoms with van der Waals surface area (Å²) in [5.41, 5.74) is 0.118. The van der Waals surface area contributed by atoms with Crippen LogP contribution in [0.3, 0.4) is 0 Å².